The second-order valence-electron chi connectivity index (χ2n) is 6.00. The fourth-order valence-electron chi connectivity index (χ4n) is 2.88. The molecule has 6 nitrogen and oxygen atoms in total. The van der Waals surface area contributed by atoms with E-state index in [9.17, 15) is 9.59 Å². The number of benzene rings is 2. The maximum Gasteiger partial charge on any atom is 0.274 e. The SMILES string of the molecule is CCN(CC)C(=O)c1cccc(NC(=O)c2cncn2-c2ccccc2)c1. The van der Waals surface area contributed by atoms with E-state index in [-0.39, 0.29) is 11.8 Å². The summed E-state index contributed by atoms with van der Waals surface area (Å²) in [6.45, 7) is 5.17. The topological polar surface area (TPSA) is 67.2 Å². The van der Waals surface area contributed by atoms with Crippen molar-refractivity contribution in [3.63, 3.8) is 0 Å². The van der Waals surface area contributed by atoms with Crippen LogP contribution in [0.5, 0.6) is 0 Å². The Labute approximate surface area is 158 Å². The molecule has 2 amide bonds. The number of imidazole rings is 1. The number of nitrogens with zero attached hydrogens (tertiary/aromatic N) is 3. The molecule has 0 spiro atoms. The molecule has 0 radical (unpaired) electrons. The zero-order valence-electron chi connectivity index (χ0n) is 15.4. The van der Waals surface area contributed by atoms with Gasteiger partial charge in [-0.2, -0.15) is 0 Å². The number of para-hydroxylation sites is 1. The molecule has 0 saturated heterocycles. The molecule has 3 aromatic rings. The molecule has 3 rings (SSSR count). The minimum Gasteiger partial charge on any atom is -0.339 e. The predicted molar refractivity (Wildman–Crippen MR) is 105 cm³/mol. The Hall–Kier alpha value is -3.41. The number of hydrogen-bond acceptors (Lipinski definition) is 3. The maximum atomic E-state index is 12.7. The van der Waals surface area contributed by atoms with Gasteiger partial charge in [-0.1, -0.05) is 24.3 Å². The minimum atomic E-state index is -0.288. The maximum absolute atomic E-state index is 12.7. The van der Waals surface area contributed by atoms with Crippen LogP contribution in [0.3, 0.4) is 0 Å². The lowest BCUT2D eigenvalue weighted by molar-refractivity contribution is 0.0772. The van der Waals surface area contributed by atoms with Gasteiger partial charge < -0.3 is 10.2 Å². The van der Waals surface area contributed by atoms with Gasteiger partial charge >= 0.3 is 0 Å². The first-order chi connectivity index (χ1) is 13.1. The van der Waals surface area contributed by atoms with E-state index < -0.39 is 0 Å². The molecule has 0 atom stereocenters. The van der Waals surface area contributed by atoms with Crippen molar-refractivity contribution in [2.45, 2.75) is 13.8 Å². The molecule has 0 unspecified atom stereocenters. The summed E-state index contributed by atoms with van der Waals surface area (Å²) in [5.74, 6) is -0.339. The van der Waals surface area contributed by atoms with Crippen molar-refractivity contribution >= 4 is 17.5 Å². The molecule has 0 aliphatic rings. The molecule has 1 heterocycles. The van der Waals surface area contributed by atoms with Gasteiger partial charge in [0, 0.05) is 30.0 Å². The van der Waals surface area contributed by atoms with E-state index >= 15 is 0 Å². The lowest BCUT2D eigenvalue weighted by Gasteiger charge is -2.19. The van der Waals surface area contributed by atoms with Gasteiger partial charge in [-0.05, 0) is 44.2 Å². The molecule has 27 heavy (non-hydrogen) atoms. The molecular formula is C21H22N4O2. The van der Waals surface area contributed by atoms with Crippen LogP contribution in [-0.4, -0.2) is 39.4 Å². The number of aromatic nitrogens is 2. The highest BCUT2D eigenvalue weighted by atomic mass is 16.2. The predicted octanol–water partition coefficient (Wildman–Crippen LogP) is 3.61. The first-order valence-corrected chi connectivity index (χ1v) is 8.92. The monoisotopic (exact) mass is 362 g/mol. The van der Waals surface area contributed by atoms with Gasteiger partial charge in [0.05, 0.1) is 12.5 Å². The van der Waals surface area contributed by atoms with E-state index in [0.717, 1.165) is 5.69 Å². The molecule has 0 aliphatic heterocycles. The summed E-state index contributed by atoms with van der Waals surface area (Å²) in [7, 11) is 0. The van der Waals surface area contributed by atoms with Gasteiger partial charge in [-0.25, -0.2) is 4.98 Å². The summed E-state index contributed by atoms with van der Waals surface area (Å²) in [5, 5.41) is 2.85. The van der Waals surface area contributed by atoms with Crippen molar-refractivity contribution < 1.29 is 9.59 Å². The van der Waals surface area contributed by atoms with Gasteiger partial charge in [0.2, 0.25) is 0 Å². The van der Waals surface area contributed by atoms with E-state index in [1.165, 1.54) is 6.20 Å². The summed E-state index contributed by atoms with van der Waals surface area (Å²) in [6, 6.07) is 16.5. The van der Waals surface area contributed by atoms with Crippen molar-refractivity contribution in [3.05, 3.63) is 78.4 Å². The highest BCUT2D eigenvalue weighted by Gasteiger charge is 2.16. The Balaban J connectivity index is 1.81. The van der Waals surface area contributed by atoms with Crippen LogP contribution in [0.25, 0.3) is 5.69 Å². The van der Waals surface area contributed by atoms with Gasteiger partial charge in [0.25, 0.3) is 11.8 Å². The number of amides is 2. The van der Waals surface area contributed by atoms with Crippen LogP contribution < -0.4 is 5.32 Å². The van der Waals surface area contributed by atoms with Crippen LogP contribution in [0, 0.1) is 0 Å². The zero-order chi connectivity index (χ0) is 19.2. The molecule has 1 N–H and O–H groups in total. The van der Waals surface area contributed by atoms with Crippen molar-refractivity contribution in [2.24, 2.45) is 0 Å². The van der Waals surface area contributed by atoms with Crippen LogP contribution in [0.15, 0.2) is 67.1 Å². The molecule has 0 bridgehead atoms. The van der Waals surface area contributed by atoms with Crippen LogP contribution >= 0.6 is 0 Å². The average Bonchev–Trinajstić information content (AvgIpc) is 3.20. The normalized spacial score (nSPS) is 10.4. The van der Waals surface area contributed by atoms with Gasteiger partial charge in [0.15, 0.2) is 0 Å². The first kappa shape index (κ1) is 18.4. The average molecular weight is 362 g/mol. The fourth-order valence-corrected chi connectivity index (χ4v) is 2.88. The Morgan fingerprint density at radius 1 is 1.04 bits per heavy atom. The third kappa shape index (κ3) is 4.06. The third-order valence-corrected chi connectivity index (χ3v) is 4.32. The number of nitrogens with one attached hydrogen (secondary N) is 1. The van der Waals surface area contributed by atoms with Crippen LogP contribution in [0.4, 0.5) is 5.69 Å². The van der Waals surface area contributed by atoms with Gasteiger partial charge in [0.1, 0.15) is 5.69 Å². The Morgan fingerprint density at radius 2 is 1.78 bits per heavy atom. The summed E-state index contributed by atoms with van der Waals surface area (Å²) >= 11 is 0. The molecule has 6 heteroatoms. The number of rotatable bonds is 6. The molecule has 1 aromatic heterocycles. The minimum absolute atomic E-state index is 0.0505. The first-order valence-electron chi connectivity index (χ1n) is 8.92. The Bertz CT molecular complexity index is 930. The van der Waals surface area contributed by atoms with Crippen LogP contribution in [-0.2, 0) is 0 Å². The fraction of sp³-hybridized carbons (Fsp3) is 0.190. The van der Waals surface area contributed by atoms with Crippen molar-refractivity contribution in [1.29, 1.82) is 0 Å². The number of hydrogen-bond donors (Lipinski definition) is 1. The number of anilines is 1. The third-order valence-electron chi connectivity index (χ3n) is 4.32. The van der Waals surface area contributed by atoms with E-state index in [2.05, 4.69) is 10.3 Å². The smallest absolute Gasteiger partial charge is 0.274 e. The van der Waals surface area contributed by atoms with E-state index in [4.69, 9.17) is 0 Å². The molecule has 0 fully saturated rings. The highest BCUT2D eigenvalue weighted by molar-refractivity contribution is 6.04. The van der Waals surface area contributed by atoms with Crippen molar-refractivity contribution in [2.75, 3.05) is 18.4 Å². The largest absolute Gasteiger partial charge is 0.339 e. The van der Waals surface area contributed by atoms with E-state index in [1.807, 2.05) is 44.2 Å². The Kier molecular flexibility index (Phi) is 5.66. The van der Waals surface area contributed by atoms with Gasteiger partial charge in [-0.15, -0.1) is 0 Å². The molecule has 0 saturated carbocycles. The number of carbonyl (C=O) groups excluding carboxylic acids is 2. The summed E-state index contributed by atoms with van der Waals surface area (Å²) in [5.41, 5.74) is 2.39. The second-order valence-corrected chi connectivity index (χ2v) is 6.00. The summed E-state index contributed by atoms with van der Waals surface area (Å²) < 4.78 is 1.72. The standard InChI is InChI=1S/C21H22N4O2/c1-3-24(4-2)21(27)16-9-8-10-17(13-16)23-20(26)19-14-22-15-25(19)18-11-6-5-7-12-18/h5-15H,3-4H2,1-2H3,(H,23,26). The highest BCUT2D eigenvalue weighted by Crippen LogP contribution is 2.16. The zero-order valence-corrected chi connectivity index (χ0v) is 15.4. The molecule has 2 aromatic carbocycles. The number of carbonyl (C=O) groups is 2. The molecule has 0 aliphatic carbocycles. The van der Waals surface area contributed by atoms with E-state index in [1.54, 1.807) is 40.1 Å². The molecule has 138 valence electrons. The Morgan fingerprint density at radius 3 is 2.48 bits per heavy atom. The lowest BCUT2D eigenvalue weighted by Crippen LogP contribution is -2.30. The van der Waals surface area contributed by atoms with Crippen molar-refractivity contribution in [3.8, 4) is 5.69 Å². The van der Waals surface area contributed by atoms with Crippen LogP contribution in [0.2, 0.25) is 0 Å². The summed E-state index contributed by atoms with van der Waals surface area (Å²) in [4.78, 5) is 31.1. The second kappa shape index (κ2) is 8.31. The van der Waals surface area contributed by atoms with Crippen molar-refractivity contribution in [1.82, 2.24) is 14.5 Å². The molecular weight excluding hydrogens is 340 g/mol. The quantitative estimate of drug-likeness (QED) is 0.728. The summed E-state index contributed by atoms with van der Waals surface area (Å²) in [6.07, 6.45) is 3.12. The van der Waals surface area contributed by atoms with Gasteiger partial charge in [-0.3, -0.25) is 14.2 Å². The van der Waals surface area contributed by atoms with E-state index in [0.29, 0.717) is 30.0 Å². The van der Waals surface area contributed by atoms with Crippen LogP contribution in [0.1, 0.15) is 34.7 Å². The lowest BCUT2D eigenvalue weighted by atomic mass is 10.1.